The molecule has 1 aromatic carbocycles. The normalized spacial score (nSPS) is 17.3. The molecule has 114 valence electrons. The smallest absolute Gasteiger partial charge is 0.306 e. The lowest BCUT2D eigenvalue weighted by Gasteiger charge is -2.32. The second kappa shape index (κ2) is 6.80. The minimum Gasteiger partial charge on any atom is -0.481 e. The number of benzene rings is 1. The van der Waals surface area contributed by atoms with Crippen molar-refractivity contribution in [3.8, 4) is 5.75 Å². The van der Waals surface area contributed by atoms with Gasteiger partial charge in [-0.25, -0.2) is 0 Å². The zero-order valence-corrected chi connectivity index (χ0v) is 12.5. The molecule has 1 aliphatic heterocycles. The number of halogens is 1. The van der Waals surface area contributed by atoms with Crippen molar-refractivity contribution in [1.29, 1.82) is 0 Å². The van der Waals surface area contributed by atoms with Crippen LogP contribution in [-0.2, 0) is 9.59 Å². The molecule has 2 rings (SSSR count). The first-order chi connectivity index (χ1) is 9.97. The minimum absolute atomic E-state index is 0.117. The molecular weight excluding hydrogens is 294 g/mol. The maximum atomic E-state index is 12.3. The molecule has 1 amide bonds. The van der Waals surface area contributed by atoms with Crippen LogP contribution < -0.4 is 4.74 Å². The van der Waals surface area contributed by atoms with Gasteiger partial charge in [-0.05, 0) is 44.0 Å². The fourth-order valence-electron chi connectivity index (χ4n) is 2.37. The lowest BCUT2D eigenvalue weighted by molar-refractivity contribution is -0.147. The van der Waals surface area contributed by atoms with E-state index in [4.69, 9.17) is 21.4 Å². The van der Waals surface area contributed by atoms with Crippen LogP contribution in [0.5, 0.6) is 5.75 Å². The Balaban J connectivity index is 1.88. The first-order valence-electron chi connectivity index (χ1n) is 6.91. The van der Waals surface area contributed by atoms with E-state index in [2.05, 4.69) is 0 Å². The highest BCUT2D eigenvalue weighted by atomic mass is 35.5. The fourth-order valence-corrected chi connectivity index (χ4v) is 2.50. The molecule has 6 heteroatoms. The van der Waals surface area contributed by atoms with Crippen molar-refractivity contribution in [2.45, 2.75) is 25.9 Å². The van der Waals surface area contributed by atoms with Crippen LogP contribution in [0, 0.1) is 5.92 Å². The van der Waals surface area contributed by atoms with E-state index in [9.17, 15) is 9.59 Å². The molecule has 0 saturated carbocycles. The number of carboxylic acids is 1. The Bertz CT molecular complexity index is 509. The van der Waals surface area contributed by atoms with Gasteiger partial charge < -0.3 is 14.7 Å². The lowest BCUT2D eigenvalue weighted by atomic mass is 9.97. The van der Waals surface area contributed by atoms with E-state index in [-0.39, 0.29) is 11.8 Å². The number of ether oxygens (including phenoxy) is 1. The third-order valence-electron chi connectivity index (χ3n) is 3.63. The van der Waals surface area contributed by atoms with Gasteiger partial charge >= 0.3 is 5.97 Å². The largest absolute Gasteiger partial charge is 0.481 e. The Morgan fingerprint density at radius 2 is 1.86 bits per heavy atom. The first kappa shape index (κ1) is 15.6. The number of carboxylic acid groups (broad SMARTS) is 1. The number of hydrogen-bond acceptors (Lipinski definition) is 3. The van der Waals surface area contributed by atoms with Crippen LogP contribution in [0.25, 0.3) is 0 Å². The molecule has 1 aliphatic rings. The van der Waals surface area contributed by atoms with Gasteiger partial charge in [0.1, 0.15) is 5.75 Å². The number of likely N-dealkylation sites (tertiary alicyclic amines) is 1. The number of nitrogens with zero attached hydrogens (tertiary/aromatic N) is 1. The standard InChI is InChI=1S/C15H18ClNO4/c1-10(21-13-4-2-12(16)3-5-13)14(18)17-8-6-11(7-9-17)15(19)20/h2-5,10-11H,6-9H2,1H3,(H,19,20). The summed E-state index contributed by atoms with van der Waals surface area (Å²) in [6, 6.07) is 6.82. The Kier molecular flexibility index (Phi) is 5.07. The van der Waals surface area contributed by atoms with E-state index in [1.165, 1.54) is 0 Å². The lowest BCUT2D eigenvalue weighted by Crippen LogP contribution is -2.45. The van der Waals surface area contributed by atoms with Crippen LogP contribution in [0.3, 0.4) is 0 Å². The van der Waals surface area contributed by atoms with E-state index >= 15 is 0 Å². The third kappa shape index (κ3) is 4.11. The van der Waals surface area contributed by atoms with E-state index in [1.807, 2.05) is 0 Å². The molecule has 1 unspecified atom stereocenters. The number of aliphatic carboxylic acids is 1. The van der Waals surface area contributed by atoms with E-state index in [0.29, 0.717) is 36.7 Å². The summed E-state index contributed by atoms with van der Waals surface area (Å²) in [6.45, 7) is 2.62. The molecule has 1 fully saturated rings. The van der Waals surface area contributed by atoms with Crippen molar-refractivity contribution in [2.24, 2.45) is 5.92 Å². The Morgan fingerprint density at radius 1 is 1.29 bits per heavy atom. The Hall–Kier alpha value is -1.75. The molecule has 0 aromatic heterocycles. The first-order valence-corrected chi connectivity index (χ1v) is 7.29. The average Bonchev–Trinajstić information content (AvgIpc) is 2.49. The van der Waals surface area contributed by atoms with Gasteiger partial charge in [0.05, 0.1) is 5.92 Å². The molecule has 21 heavy (non-hydrogen) atoms. The van der Waals surface area contributed by atoms with Crippen molar-refractivity contribution < 1.29 is 19.4 Å². The molecule has 1 heterocycles. The predicted octanol–water partition coefficient (Wildman–Crippen LogP) is 2.43. The Labute approximate surface area is 128 Å². The van der Waals surface area contributed by atoms with Gasteiger partial charge in [0.2, 0.25) is 0 Å². The van der Waals surface area contributed by atoms with Gasteiger partial charge in [0.15, 0.2) is 6.10 Å². The quantitative estimate of drug-likeness (QED) is 0.927. The molecule has 1 atom stereocenters. The van der Waals surface area contributed by atoms with Gasteiger partial charge in [-0.1, -0.05) is 11.6 Å². The van der Waals surface area contributed by atoms with Crippen LogP contribution in [0.15, 0.2) is 24.3 Å². The maximum absolute atomic E-state index is 12.3. The highest BCUT2D eigenvalue weighted by Crippen LogP contribution is 2.20. The van der Waals surface area contributed by atoms with Crippen LogP contribution in [0.1, 0.15) is 19.8 Å². The van der Waals surface area contributed by atoms with Crippen molar-refractivity contribution in [3.63, 3.8) is 0 Å². The maximum Gasteiger partial charge on any atom is 0.306 e. The molecule has 5 nitrogen and oxygen atoms in total. The van der Waals surface area contributed by atoms with Gasteiger partial charge in [0, 0.05) is 18.1 Å². The van der Waals surface area contributed by atoms with E-state index in [0.717, 1.165) is 0 Å². The SMILES string of the molecule is CC(Oc1ccc(Cl)cc1)C(=O)N1CCC(C(=O)O)CC1. The summed E-state index contributed by atoms with van der Waals surface area (Å²) in [7, 11) is 0. The molecular formula is C15H18ClNO4. The number of amides is 1. The minimum atomic E-state index is -0.785. The summed E-state index contributed by atoms with van der Waals surface area (Å²) >= 11 is 5.79. The summed E-state index contributed by atoms with van der Waals surface area (Å²) in [5.74, 6) is -0.663. The number of hydrogen-bond donors (Lipinski definition) is 1. The van der Waals surface area contributed by atoms with Gasteiger partial charge in [-0.3, -0.25) is 9.59 Å². The summed E-state index contributed by atoms with van der Waals surface area (Å²) in [6.07, 6.45) is 0.385. The Morgan fingerprint density at radius 3 is 2.38 bits per heavy atom. The van der Waals surface area contributed by atoms with Crippen molar-refractivity contribution >= 4 is 23.5 Å². The monoisotopic (exact) mass is 311 g/mol. The summed E-state index contributed by atoms with van der Waals surface area (Å²) in [4.78, 5) is 24.8. The van der Waals surface area contributed by atoms with E-state index < -0.39 is 12.1 Å². The topological polar surface area (TPSA) is 66.8 Å². The predicted molar refractivity (Wildman–Crippen MR) is 78.5 cm³/mol. The van der Waals surface area contributed by atoms with Gasteiger partial charge in [-0.15, -0.1) is 0 Å². The van der Waals surface area contributed by atoms with Gasteiger partial charge in [0.25, 0.3) is 5.91 Å². The third-order valence-corrected chi connectivity index (χ3v) is 3.88. The molecule has 0 bridgehead atoms. The van der Waals surface area contributed by atoms with Crippen LogP contribution >= 0.6 is 11.6 Å². The molecule has 0 aliphatic carbocycles. The second-order valence-corrected chi connectivity index (χ2v) is 5.59. The highest BCUT2D eigenvalue weighted by molar-refractivity contribution is 6.30. The second-order valence-electron chi connectivity index (χ2n) is 5.15. The van der Waals surface area contributed by atoms with Crippen LogP contribution in [0.4, 0.5) is 0 Å². The van der Waals surface area contributed by atoms with E-state index in [1.54, 1.807) is 36.1 Å². The summed E-state index contributed by atoms with van der Waals surface area (Å²) in [5, 5.41) is 9.56. The van der Waals surface area contributed by atoms with Crippen molar-refractivity contribution in [2.75, 3.05) is 13.1 Å². The highest BCUT2D eigenvalue weighted by Gasteiger charge is 2.29. The summed E-state index contributed by atoms with van der Waals surface area (Å²) < 4.78 is 5.59. The number of carbonyl (C=O) groups excluding carboxylic acids is 1. The zero-order valence-electron chi connectivity index (χ0n) is 11.8. The van der Waals surface area contributed by atoms with Crippen molar-refractivity contribution in [3.05, 3.63) is 29.3 Å². The molecule has 0 radical (unpaired) electrons. The summed E-state index contributed by atoms with van der Waals surface area (Å²) in [5.41, 5.74) is 0. The average molecular weight is 312 g/mol. The molecule has 1 N–H and O–H groups in total. The molecule has 1 aromatic rings. The fraction of sp³-hybridized carbons (Fsp3) is 0.467. The van der Waals surface area contributed by atoms with Crippen LogP contribution in [0.2, 0.25) is 5.02 Å². The van der Waals surface area contributed by atoms with Crippen LogP contribution in [-0.4, -0.2) is 41.1 Å². The molecule has 1 saturated heterocycles. The zero-order chi connectivity index (χ0) is 15.4. The number of carbonyl (C=O) groups is 2. The number of rotatable bonds is 4. The number of piperidine rings is 1. The molecule has 0 spiro atoms. The van der Waals surface area contributed by atoms with Crippen molar-refractivity contribution in [1.82, 2.24) is 4.90 Å². The van der Waals surface area contributed by atoms with Gasteiger partial charge in [-0.2, -0.15) is 0 Å².